The smallest absolute Gasteiger partial charge is 0.119 e. The molecule has 0 saturated heterocycles. The van der Waals surface area contributed by atoms with Crippen LogP contribution in [0, 0.1) is 0 Å². The summed E-state index contributed by atoms with van der Waals surface area (Å²) in [6, 6.07) is 15.4. The second-order valence-corrected chi connectivity index (χ2v) is 3.97. The van der Waals surface area contributed by atoms with E-state index in [2.05, 4.69) is 0 Å². The Labute approximate surface area is 107 Å². The van der Waals surface area contributed by atoms with E-state index in [4.69, 9.17) is 15.2 Å². The van der Waals surface area contributed by atoms with E-state index in [-0.39, 0.29) is 0 Å². The monoisotopic (exact) mass is 243 g/mol. The largest absolute Gasteiger partial charge is 0.497 e. The van der Waals surface area contributed by atoms with Crippen LogP contribution >= 0.6 is 0 Å². The van der Waals surface area contributed by atoms with Crippen molar-refractivity contribution in [1.29, 1.82) is 0 Å². The third-order valence-electron chi connectivity index (χ3n) is 2.75. The molecule has 0 aromatic heterocycles. The van der Waals surface area contributed by atoms with Crippen LogP contribution in [0.4, 0.5) is 5.69 Å². The number of nitrogen functional groups attached to an aromatic ring is 1. The molecule has 94 valence electrons. The molecule has 0 amide bonds. The molecule has 2 aromatic carbocycles. The summed E-state index contributed by atoms with van der Waals surface area (Å²) in [5.41, 5.74) is 7.80. The van der Waals surface area contributed by atoms with E-state index in [0.717, 1.165) is 29.2 Å². The fourth-order valence-corrected chi connectivity index (χ4v) is 1.71. The summed E-state index contributed by atoms with van der Waals surface area (Å²) in [6.07, 6.45) is 0.804. The minimum absolute atomic E-state index is 0.612. The lowest BCUT2D eigenvalue weighted by Gasteiger charge is -2.08. The molecule has 2 aromatic rings. The van der Waals surface area contributed by atoms with Crippen molar-refractivity contribution in [2.24, 2.45) is 0 Å². The molecule has 0 aliphatic carbocycles. The molecule has 3 heteroatoms. The number of benzene rings is 2. The van der Waals surface area contributed by atoms with Crippen LogP contribution < -0.4 is 15.2 Å². The average Bonchev–Trinajstić information content (AvgIpc) is 2.42. The Morgan fingerprint density at radius 2 is 1.61 bits per heavy atom. The molecule has 0 unspecified atom stereocenters. The van der Waals surface area contributed by atoms with Gasteiger partial charge >= 0.3 is 0 Å². The summed E-state index contributed by atoms with van der Waals surface area (Å²) in [5, 5.41) is 0. The molecule has 0 saturated carbocycles. The van der Waals surface area contributed by atoms with Crippen LogP contribution in [0.3, 0.4) is 0 Å². The van der Waals surface area contributed by atoms with E-state index >= 15 is 0 Å². The molecule has 2 rings (SSSR count). The summed E-state index contributed by atoms with van der Waals surface area (Å²) in [4.78, 5) is 0. The standard InChI is InChI=1S/C15H17NO2/c1-17-13-6-8-14(9-7-13)18-11-10-12-4-2-3-5-15(12)16/h2-9H,10-11,16H2,1H3. The topological polar surface area (TPSA) is 44.5 Å². The molecule has 0 heterocycles. The first kappa shape index (κ1) is 12.3. The van der Waals surface area contributed by atoms with Gasteiger partial charge in [-0.3, -0.25) is 0 Å². The molecule has 0 atom stereocenters. The van der Waals surface area contributed by atoms with E-state index in [1.807, 2.05) is 48.5 Å². The van der Waals surface area contributed by atoms with Gasteiger partial charge in [-0.1, -0.05) is 18.2 Å². The van der Waals surface area contributed by atoms with E-state index < -0.39 is 0 Å². The Morgan fingerprint density at radius 3 is 2.28 bits per heavy atom. The molecule has 18 heavy (non-hydrogen) atoms. The predicted molar refractivity (Wildman–Crippen MR) is 73.0 cm³/mol. The fraction of sp³-hybridized carbons (Fsp3) is 0.200. The maximum absolute atomic E-state index is 5.87. The molecular weight excluding hydrogens is 226 g/mol. The highest BCUT2D eigenvalue weighted by Gasteiger charge is 1.99. The third-order valence-corrected chi connectivity index (χ3v) is 2.75. The number of ether oxygens (including phenoxy) is 2. The second-order valence-electron chi connectivity index (χ2n) is 3.97. The number of methoxy groups -OCH3 is 1. The zero-order valence-corrected chi connectivity index (χ0v) is 10.4. The molecule has 0 aliphatic heterocycles. The minimum atomic E-state index is 0.612. The Morgan fingerprint density at radius 1 is 0.944 bits per heavy atom. The number of hydrogen-bond acceptors (Lipinski definition) is 3. The highest BCUT2D eigenvalue weighted by Crippen LogP contribution is 2.18. The molecule has 2 N–H and O–H groups in total. The van der Waals surface area contributed by atoms with E-state index in [1.165, 1.54) is 0 Å². The Hall–Kier alpha value is -2.16. The van der Waals surface area contributed by atoms with Gasteiger partial charge in [0.25, 0.3) is 0 Å². The number of nitrogens with two attached hydrogens (primary N) is 1. The van der Waals surface area contributed by atoms with Gasteiger partial charge in [0.2, 0.25) is 0 Å². The molecule has 0 aliphatic rings. The van der Waals surface area contributed by atoms with Crippen molar-refractivity contribution in [3.8, 4) is 11.5 Å². The van der Waals surface area contributed by atoms with E-state index in [9.17, 15) is 0 Å². The van der Waals surface area contributed by atoms with Gasteiger partial charge in [-0.25, -0.2) is 0 Å². The van der Waals surface area contributed by atoms with Crippen molar-refractivity contribution >= 4 is 5.69 Å². The van der Waals surface area contributed by atoms with Crippen molar-refractivity contribution in [3.63, 3.8) is 0 Å². The van der Waals surface area contributed by atoms with Gasteiger partial charge in [0.1, 0.15) is 11.5 Å². The molecule has 0 spiro atoms. The average molecular weight is 243 g/mol. The summed E-state index contributed by atoms with van der Waals surface area (Å²) >= 11 is 0. The normalized spacial score (nSPS) is 10.1. The summed E-state index contributed by atoms with van der Waals surface area (Å²) < 4.78 is 10.7. The fourth-order valence-electron chi connectivity index (χ4n) is 1.71. The van der Waals surface area contributed by atoms with E-state index in [1.54, 1.807) is 7.11 Å². The zero-order chi connectivity index (χ0) is 12.8. The molecule has 0 fully saturated rings. The van der Waals surface area contributed by atoms with Crippen molar-refractivity contribution in [2.45, 2.75) is 6.42 Å². The lowest BCUT2D eigenvalue weighted by atomic mass is 10.1. The van der Waals surface area contributed by atoms with E-state index in [0.29, 0.717) is 6.61 Å². The number of rotatable bonds is 5. The first-order valence-electron chi connectivity index (χ1n) is 5.90. The summed E-state index contributed by atoms with van der Waals surface area (Å²) in [7, 11) is 1.65. The third kappa shape index (κ3) is 3.17. The summed E-state index contributed by atoms with van der Waals surface area (Å²) in [6.45, 7) is 0.612. The molecule has 0 bridgehead atoms. The highest BCUT2D eigenvalue weighted by atomic mass is 16.5. The Balaban J connectivity index is 1.86. The van der Waals surface area contributed by atoms with Crippen LogP contribution in [0.1, 0.15) is 5.56 Å². The lowest BCUT2D eigenvalue weighted by molar-refractivity contribution is 0.321. The summed E-state index contributed by atoms with van der Waals surface area (Å²) in [5.74, 6) is 1.67. The van der Waals surface area contributed by atoms with Crippen LogP contribution in [-0.4, -0.2) is 13.7 Å². The van der Waals surface area contributed by atoms with Crippen molar-refractivity contribution < 1.29 is 9.47 Å². The Kier molecular flexibility index (Phi) is 4.07. The molecular formula is C15H17NO2. The van der Waals surface area contributed by atoms with Crippen LogP contribution in [0.25, 0.3) is 0 Å². The quantitative estimate of drug-likeness (QED) is 0.821. The van der Waals surface area contributed by atoms with Gasteiger partial charge in [0, 0.05) is 12.1 Å². The predicted octanol–water partition coefficient (Wildman–Crippen LogP) is 2.90. The van der Waals surface area contributed by atoms with Crippen LogP contribution in [-0.2, 0) is 6.42 Å². The highest BCUT2D eigenvalue weighted by molar-refractivity contribution is 5.46. The Bertz CT molecular complexity index is 494. The number of anilines is 1. The lowest BCUT2D eigenvalue weighted by Crippen LogP contribution is -2.03. The van der Waals surface area contributed by atoms with Gasteiger partial charge < -0.3 is 15.2 Å². The van der Waals surface area contributed by atoms with Crippen LogP contribution in [0.5, 0.6) is 11.5 Å². The minimum Gasteiger partial charge on any atom is -0.497 e. The van der Waals surface area contributed by atoms with Crippen molar-refractivity contribution in [1.82, 2.24) is 0 Å². The zero-order valence-electron chi connectivity index (χ0n) is 10.4. The van der Waals surface area contributed by atoms with Gasteiger partial charge in [0.05, 0.1) is 13.7 Å². The first-order valence-corrected chi connectivity index (χ1v) is 5.90. The van der Waals surface area contributed by atoms with Gasteiger partial charge in [-0.2, -0.15) is 0 Å². The van der Waals surface area contributed by atoms with Crippen molar-refractivity contribution in [2.75, 3.05) is 19.5 Å². The van der Waals surface area contributed by atoms with Crippen molar-refractivity contribution in [3.05, 3.63) is 54.1 Å². The SMILES string of the molecule is COc1ccc(OCCc2ccccc2N)cc1. The van der Waals surface area contributed by atoms with Crippen LogP contribution in [0.2, 0.25) is 0 Å². The van der Waals surface area contributed by atoms with Gasteiger partial charge in [0.15, 0.2) is 0 Å². The van der Waals surface area contributed by atoms with Gasteiger partial charge in [-0.05, 0) is 35.9 Å². The first-order chi connectivity index (χ1) is 8.79. The molecule has 3 nitrogen and oxygen atoms in total. The maximum atomic E-state index is 5.87. The number of hydrogen-bond donors (Lipinski definition) is 1. The van der Waals surface area contributed by atoms with Gasteiger partial charge in [-0.15, -0.1) is 0 Å². The molecule has 0 radical (unpaired) electrons. The van der Waals surface area contributed by atoms with Crippen LogP contribution in [0.15, 0.2) is 48.5 Å². The number of para-hydroxylation sites is 1. The maximum Gasteiger partial charge on any atom is 0.119 e. The second kappa shape index (κ2) is 5.96.